The van der Waals surface area contributed by atoms with Crippen LogP contribution in [-0.2, 0) is 0 Å². The van der Waals surface area contributed by atoms with Crippen molar-refractivity contribution in [2.75, 3.05) is 5.43 Å². The Morgan fingerprint density at radius 1 is 1.17 bits per heavy atom. The van der Waals surface area contributed by atoms with Crippen molar-refractivity contribution in [1.29, 1.82) is 0 Å². The molecule has 9 heteroatoms. The molecule has 9 nitrogen and oxygen atoms in total. The summed E-state index contributed by atoms with van der Waals surface area (Å²) in [4.78, 5) is 20.4. The van der Waals surface area contributed by atoms with Gasteiger partial charge in [0.15, 0.2) is 0 Å². The average Bonchev–Trinajstić information content (AvgIpc) is 2.83. The zero-order valence-corrected chi connectivity index (χ0v) is 12.7. The highest BCUT2D eigenvalue weighted by Gasteiger charge is 2.19. The van der Waals surface area contributed by atoms with Crippen LogP contribution < -0.4 is 5.43 Å². The van der Waals surface area contributed by atoms with Crippen molar-refractivity contribution in [3.05, 3.63) is 61.6 Å². The van der Waals surface area contributed by atoms with Crippen molar-refractivity contribution in [1.82, 2.24) is 0 Å². The largest absolute Gasteiger partial charge is 0.466 e. The van der Waals surface area contributed by atoms with E-state index < -0.39 is 15.5 Å². The first kappa shape index (κ1) is 16.1. The summed E-state index contributed by atoms with van der Waals surface area (Å²) in [6.07, 6.45) is 0. The van der Waals surface area contributed by atoms with Gasteiger partial charge in [0.2, 0.25) is 0 Å². The maximum Gasteiger partial charge on any atom is 0.301 e. The Kier molecular flexibility index (Phi) is 4.39. The number of hydrazone groups is 1. The quantitative estimate of drug-likeness (QED) is 0.510. The minimum Gasteiger partial charge on any atom is -0.466 e. The van der Waals surface area contributed by atoms with Crippen LogP contribution in [0.1, 0.15) is 24.0 Å². The minimum atomic E-state index is -0.701. The number of rotatable bonds is 5. The summed E-state index contributed by atoms with van der Waals surface area (Å²) in [7, 11) is 0. The van der Waals surface area contributed by atoms with Crippen LogP contribution in [0.2, 0.25) is 0 Å². The number of furan rings is 1. The zero-order chi connectivity index (χ0) is 17.1. The third kappa shape index (κ3) is 3.51. The second-order valence-electron chi connectivity index (χ2n) is 4.85. The molecular weight excluding hydrogens is 304 g/mol. The fourth-order valence-electron chi connectivity index (χ4n) is 2.07. The molecule has 0 fully saturated rings. The predicted molar refractivity (Wildman–Crippen MR) is 83.8 cm³/mol. The Morgan fingerprint density at radius 3 is 2.39 bits per heavy atom. The average molecular weight is 318 g/mol. The topological polar surface area (TPSA) is 124 Å². The van der Waals surface area contributed by atoms with Gasteiger partial charge in [-0.2, -0.15) is 5.10 Å². The van der Waals surface area contributed by atoms with Gasteiger partial charge in [-0.25, -0.2) is 0 Å². The van der Waals surface area contributed by atoms with Crippen molar-refractivity contribution in [2.24, 2.45) is 5.10 Å². The number of non-ortho nitro benzene ring substituents is 1. The van der Waals surface area contributed by atoms with Crippen molar-refractivity contribution < 1.29 is 14.3 Å². The van der Waals surface area contributed by atoms with Crippen molar-refractivity contribution >= 4 is 22.8 Å². The fourth-order valence-corrected chi connectivity index (χ4v) is 2.07. The van der Waals surface area contributed by atoms with Crippen molar-refractivity contribution in [3.63, 3.8) is 0 Å². The first-order valence-electron chi connectivity index (χ1n) is 6.60. The number of nitro groups is 2. The Bertz CT molecular complexity index is 809. The summed E-state index contributed by atoms with van der Waals surface area (Å²) < 4.78 is 5.40. The van der Waals surface area contributed by atoms with Crippen LogP contribution in [0.3, 0.4) is 0 Å². The number of nitrogens with one attached hydrogen (secondary N) is 1. The molecule has 23 heavy (non-hydrogen) atoms. The zero-order valence-electron chi connectivity index (χ0n) is 12.7. The van der Waals surface area contributed by atoms with Crippen LogP contribution in [0.4, 0.5) is 17.1 Å². The van der Waals surface area contributed by atoms with Gasteiger partial charge in [-0.05, 0) is 32.9 Å². The van der Waals surface area contributed by atoms with Crippen LogP contribution in [-0.4, -0.2) is 15.6 Å². The third-order valence-electron chi connectivity index (χ3n) is 3.16. The molecule has 0 amide bonds. The molecule has 0 aliphatic heterocycles. The number of nitrogens with zero attached hydrogens (tertiary/aromatic N) is 3. The smallest absolute Gasteiger partial charge is 0.301 e. The molecule has 0 saturated carbocycles. The van der Waals surface area contributed by atoms with Crippen LogP contribution in [0, 0.1) is 34.1 Å². The normalized spacial score (nSPS) is 11.3. The SMILES string of the molecule is CC(=NNc1ccc([N+](=O)[O-])cc1[N+](=O)[O-])c1cc(C)oc1C. The number of hydrogen-bond donors (Lipinski definition) is 1. The highest BCUT2D eigenvalue weighted by Crippen LogP contribution is 2.29. The number of benzene rings is 1. The third-order valence-corrected chi connectivity index (χ3v) is 3.16. The molecule has 2 aromatic rings. The molecule has 1 N–H and O–H groups in total. The first-order valence-corrected chi connectivity index (χ1v) is 6.60. The lowest BCUT2D eigenvalue weighted by Gasteiger charge is -2.04. The molecule has 0 saturated heterocycles. The predicted octanol–water partition coefficient (Wildman–Crippen LogP) is 3.55. The van der Waals surface area contributed by atoms with Gasteiger partial charge in [0.25, 0.3) is 5.69 Å². The van der Waals surface area contributed by atoms with Gasteiger partial charge in [-0.3, -0.25) is 25.7 Å². The van der Waals surface area contributed by atoms with E-state index in [0.717, 1.165) is 17.4 Å². The van der Waals surface area contributed by atoms with Gasteiger partial charge in [-0.1, -0.05) is 0 Å². The summed E-state index contributed by atoms with van der Waals surface area (Å²) >= 11 is 0. The van der Waals surface area contributed by atoms with Gasteiger partial charge in [0.05, 0.1) is 21.6 Å². The molecule has 2 rings (SSSR count). The van der Waals surface area contributed by atoms with Gasteiger partial charge in [0.1, 0.15) is 17.2 Å². The van der Waals surface area contributed by atoms with E-state index in [4.69, 9.17) is 4.42 Å². The summed E-state index contributed by atoms with van der Waals surface area (Å²) in [5, 5.41) is 25.8. The van der Waals surface area contributed by atoms with E-state index in [9.17, 15) is 20.2 Å². The first-order chi connectivity index (χ1) is 10.8. The molecule has 1 heterocycles. The van der Waals surface area contributed by atoms with Crippen LogP contribution in [0.25, 0.3) is 0 Å². The molecule has 0 atom stereocenters. The molecule has 120 valence electrons. The number of nitro benzene ring substituents is 2. The molecule has 0 radical (unpaired) electrons. The molecule has 0 aliphatic rings. The molecule has 0 bridgehead atoms. The highest BCUT2D eigenvalue weighted by molar-refractivity contribution is 6.00. The number of anilines is 1. The molecule has 1 aromatic carbocycles. The lowest BCUT2D eigenvalue weighted by Crippen LogP contribution is -2.02. The van der Waals surface area contributed by atoms with Gasteiger partial charge in [0, 0.05) is 11.6 Å². The van der Waals surface area contributed by atoms with E-state index in [0.29, 0.717) is 11.5 Å². The number of hydrogen-bond acceptors (Lipinski definition) is 7. The Morgan fingerprint density at radius 2 is 1.87 bits per heavy atom. The molecule has 0 unspecified atom stereocenters. The van der Waals surface area contributed by atoms with E-state index in [1.807, 2.05) is 0 Å². The Hall–Kier alpha value is -3.23. The maximum absolute atomic E-state index is 11.0. The van der Waals surface area contributed by atoms with Crippen LogP contribution >= 0.6 is 0 Å². The summed E-state index contributed by atoms with van der Waals surface area (Å²) in [5.41, 5.74) is 3.22. The summed E-state index contributed by atoms with van der Waals surface area (Å²) in [6.45, 7) is 5.32. The highest BCUT2D eigenvalue weighted by atomic mass is 16.6. The second kappa shape index (κ2) is 6.26. The number of aryl methyl sites for hydroxylation is 2. The lowest BCUT2D eigenvalue weighted by atomic mass is 10.2. The fraction of sp³-hybridized carbons (Fsp3) is 0.214. The molecule has 0 spiro atoms. The maximum atomic E-state index is 11.0. The minimum absolute atomic E-state index is 0.0674. The van der Waals surface area contributed by atoms with Gasteiger partial charge < -0.3 is 4.42 Å². The van der Waals surface area contributed by atoms with E-state index in [1.54, 1.807) is 26.8 Å². The lowest BCUT2D eigenvalue weighted by molar-refractivity contribution is -0.393. The second-order valence-corrected chi connectivity index (χ2v) is 4.85. The molecule has 1 aromatic heterocycles. The summed E-state index contributed by atoms with van der Waals surface area (Å²) in [5.74, 6) is 1.41. The van der Waals surface area contributed by atoms with Crippen LogP contribution in [0.5, 0.6) is 0 Å². The molecular formula is C14H14N4O5. The van der Waals surface area contributed by atoms with Gasteiger partial charge >= 0.3 is 5.69 Å². The van der Waals surface area contributed by atoms with E-state index in [2.05, 4.69) is 10.5 Å². The Labute approximate surface area is 130 Å². The van der Waals surface area contributed by atoms with E-state index >= 15 is 0 Å². The van der Waals surface area contributed by atoms with E-state index in [1.165, 1.54) is 12.1 Å². The van der Waals surface area contributed by atoms with Crippen molar-refractivity contribution in [2.45, 2.75) is 20.8 Å². The van der Waals surface area contributed by atoms with E-state index in [-0.39, 0.29) is 11.4 Å². The summed E-state index contributed by atoms with van der Waals surface area (Å²) in [6, 6.07) is 5.12. The standard InChI is InChI=1S/C14H14N4O5/c1-8-6-12(10(3)23-8)9(2)15-16-13-5-4-11(17(19)20)7-14(13)18(21)22/h4-7,16H,1-3H3. The van der Waals surface area contributed by atoms with Gasteiger partial charge in [-0.15, -0.1) is 0 Å². The van der Waals surface area contributed by atoms with Crippen LogP contribution in [0.15, 0.2) is 33.8 Å². The monoisotopic (exact) mass is 318 g/mol. The van der Waals surface area contributed by atoms with Crippen molar-refractivity contribution in [3.8, 4) is 0 Å². The molecule has 0 aliphatic carbocycles. The Balaban J connectivity index is 2.32.